The van der Waals surface area contributed by atoms with E-state index in [9.17, 15) is 22.8 Å². The topological polar surface area (TPSA) is 85.2 Å². The van der Waals surface area contributed by atoms with E-state index in [0.29, 0.717) is 27.5 Å². The van der Waals surface area contributed by atoms with Crippen molar-refractivity contribution < 1.29 is 27.5 Å². The number of nitrogens with zero attached hydrogens (tertiary/aromatic N) is 2. The Bertz CT molecular complexity index is 1240. The number of amides is 2. The van der Waals surface area contributed by atoms with E-state index in [0.717, 1.165) is 12.1 Å². The van der Waals surface area contributed by atoms with Crippen molar-refractivity contribution in [3.63, 3.8) is 0 Å². The number of aromatic nitrogens is 2. The van der Waals surface area contributed by atoms with Crippen LogP contribution in [-0.4, -0.2) is 28.0 Å². The molecule has 0 aliphatic carbocycles. The molecule has 2 N–H and O–H groups in total. The van der Waals surface area contributed by atoms with E-state index >= 15 is 0 Å². The largest absolute Gasteiger partial charge is 0.573 e. The van der Waals surface area contributed by atoms with Crippen LogP contribution in [0.15, 0.2) is 48.7 Å². The van der Waals surface area contributed by atoms with Gasteiger partial charge < -0.3 is 15.4 Å². The lowest BCUT2D eigenvalue weighted by Gasteiger charge is -2.31. The molecule has 3 aromatic rings. The summed E-state index contributed by atoms with van der Waals surface area (Å²) in [6, 6.07) is 10.0. The molecule has 2 amide bonds. The van der Waals surface area contributed by atoms with Crippen LogP contribution in [0.2, 0.25) is 5.02 Å². The third-order valence-corrected chi connectivity index (χ3v) is 5.64. The van der Waals surface area contributed by atoms with Crippen molar-refractivity contribution in [3.05, 3.63) is 64.8 Å². The standard InChI is InChI=1S/C20H12ClF3N4O3/c21-14-3-1-2-12-16(14)27-18(30)19(12)8-15(29)26-17-13(19)9-25-28(17)10-4-6-11(7-5-10)31-20(22,23)24/h1-7,9H,8H2,(H,26,29)(H,27,30)/t19-/m0/s1. The Labute approximate surface area is 177 Å². The first kappa shape index (κ1) is 19.4. The SMILES string of the molecule is O=C1C[C@@]2(C(=O)Nc3c(Cl)cccc32)c2cnn(-c3ccc(OC(F)(F)F)cc3)c2N1. The second-order valence-corrected chi connectivity index (χ2v) is 7.51. The molecular formula is C20H12ClF3N4O3. The highest BCUT2D eigenvalue weighted by Gasteiger charge is 2.54. The molecule has 0 saturated heterocycles. The Kier molecular flexibility index (Phi) is 4.06. The fraction of sp³-hybridized carbons (Fsp3) is 0.150. The Morgan fingerprint density at radius 1 is 1.06 bits per heavy atom. The number of para-hydroxylation sites is 1. The van der Waals surface area contributed by atoms with Crippen LogP contribution in [0.1, 0.15) is 17.5 Å². The summed E-state index contributed by atoms with van der Waals surface area (Å²) in [7, 11) is 0. The summed E-state index contributed by atoms with van der Waals surface area (Å²) >= 11 is 6.23. The minimum absolute atomic E-state index is 0.136. The van der Waals surface area contributed by atoms with Crippen LogP contribution in [0.5, 0.6) is 5.75 Å². The van der Waals surface area contributed by atoms with Gasteiger partial charge >= 0.3 is 6.36 Å². The van der Waals surface area contributed by atoms with Gasteiger partial charge in [-0.2, -0.15) is 5.10 Å². The van der Waals surface area contributed by atoms with E-state index in [4.69, 9.17) is 11.6 Å². The zero-order chi connectivity index (χ0) is 22.0. The summed E-state index contributed by atoms with van der Waals surface area (Å²) in [6.07, 6.45) is -3.48. The molecule has 158 valence electrons. The zero-order valence-corrected chi connectivity index (χ0v) is 16.2. The van der Waals surface area contributed by atoms with Crippen molar-refractivity contribution >= 4 is 34.9 Å². The van der Waals surface area contributed by atoms with Crippen LogP contribution in [-0.2, 0) is 15.0 Å². The fourth-order valence-electron chi connectivity index (χ4n) is 4.07. The molecule has 0 fully saturated rings. The number of carbonyl (C=O) groups excluding carboxylic acids is 2. The molecule has 0 saturated carbocycles. The van der Waals surface area contributed by atoms with Crippen LogP contribution in [0.25, 0.3) is 5.69 Å². The predicted molar refractivity (Wildman–Crippen MR) is 104 cm³/mol. The monoisotopic (exact) mass is 448 g/mol. The van der Waals surface area contributed by atoms with Gasteiger partial charge in [-0.05, 0) is 35.9 Å². The van der Waals surface area contributed by atoms with E-state index in [1.54, 1.807) is 18.2 Å². The maximum absolute atomic E-state index is 13.1. The molecule has 1 spiro atoms. The van der Waals surface area contributed by atoms with Crippen LogP contribution in [0.3, 0.4) is 0 Å². The minimum Gasteiger partial charge on any atom is -0.406 e. The van der Waals surface area contributed by atoms with Gasteiger partial charge in [-0.3, -0.25) is 9.59 Å². The molecule has 1 aromatic heterocycles. The van der Waals surface area contributed by atoms with Gasteiger partial charge in [0.15, 0.2) is 0 Å². The number of hydrogen-bond donors (Lipinski definition) is 2. The molecular weight excluding hydrogens is 437 g/mol. The summed E-state index contributed by atoms with van der Waals surface area (Å²) in [6.45, 7) is 0. The van der Waals surface area contributed by atoms with Gasteiger partial charge in [-0.25, -0.2) is 4.68 Å². The van der Waals surface area contributed by atoms with E-state index in [-0.39, 0.29) is 12.2 Å². The van der Waals surface area contributed by atoms with Gasteiger partial charge in [0.05, 0.1) is 22.6 Å². The first-order valence-electron chi connectivity index (χ1n) is 9.04. The molecule has 2 aliphatic heterocycles. The first-order chi connectivity index (χ1) is 14.7. The first-order valence-corrected chi connectivity index (χ1v) is 9.42. The van der Waals surface area contributed by atoms with Crippen molar-refractivity contribution in [2.24, 2.45) is 0 Å². The van der Waals surface area contributed by atoms with Crippen LogP contribution in [0, 0.1) is 0 Å². The number of carbonyl (C=O) groups is 2. The lowest BCUT2D eigenvalue weighted by molar-refractivity contribution is -0.274. The number of ether oxygens (including phenoxy) is 1. The van der Waals surface area contributed by atoms with E-state index in [2.05, 4.69) is 20.5 Å². The Morgan fingerprint density at radius 3 is 2.52 bits per heavy atom. The predicted octanol–water partition coefficient (Wildman–Crippen LogP) is 4.00. The molecule has 3 heterocycles. The Hall–Kier alpha value is -3.53. The van der Waals surface area contributed by atoms with Crippen molar-refractivity contribution in [1.82, 2.24) is 9.78 Å². The van der Waals surface area contributed by atoms with Gasteiger partial charge in [0, 0.05) is 12.0 Å². The van der Waals surface area contributed by atoms with E-state index in [1.807, 2.05) is 0 Å². The highest BCUT2D eigenvalue weighted by atomic mass is 35.5. The molecule has 11 heteroatoms. The smallest absolute Gasteiger partial charge is 0.406 e. The average molecular weight is 449 g/mol. The number of rotatable bonds is 2. The summed E-state index contributed by atoms with van der Waals surface area (Å²) in [4.78, 5) is 25.7. The van der Waals surface area contributed by atoms with Gasteiger partial charge in [-0.15, -0.1) is 13.2 Å². The van der Waals surface area contributed by atoms with E-state index in [1.165, 1.54) is 23.0 Å². The number of fused-ring (bicyclic) bond motifs is 4. The molecule has 5 rings (SSSR count). The molecule has 0 unspecified atom stereocenters. The second kappa shape index (κ2) is 6.48. The minimum atomic E-state index is -4.81. The normalized spacial score (nSPS) is 19.6. The maximum atomic E-state index is 13.1. The third-order valence-electron chi connectivity index (χ3n) is 5.33. The third kappa shape index (κ3) is 2.94. The molecule has 2 aliphatic rings. The molecule has 7 nitrogen and oxygen atoms in total. The van der Waals surface area contributed by atoms with E-state index < -0.39 is 29.3 Å². The van der Waals surface area contributed by atoms with Crippen LogP contribution >= 0.6 is 11.6 Å². The highest BCUT2D eigenvalue weighted by molar-refractivity contribution is 6.35. The van der Waals surface area contributed by atoms with Crippen LogP contribution < -0.4 is 15.4 Å². The summed E-state index contributed by atoms with van der Waals surface area (Å²) in [5.74, 6) is -0.949. The molecule has 0 bridgehead atoms. The zero-order valence-electron chi connectivity index (χ0n) is 15.5. The summed E-state index contributed by atoms with van der Waals surface area (Å²) in [5, 5.41) is 10.1. The summed E-state index contributed by atoms with van der Waals surface area (Å²) < 4.78 is 42.4. The Balaban J connectivity index is 1.62. The fourth-order valence-corrected chi connectivity index (χ4v) is 4.29. The number of benzene rings is 2. The lowest BCUT2D eigenvalue weighted by Crippen LogP contribution is -2.43. The average Bonchev–Trinajstić information content (AvgIpc) is 3.23. The van der Waals surface area contributed by atoms with Crippen molar-refractivity contribution in [2.75, 3.05) is 10.6 Å². The van der Waals surface area contributed by atoms with Crippen molar-refractivity contribution in [2.45, 2.75) is 18.2 Å². The molecule has 0 radical (unpaired) electrons. The van der Waals surface area contributed by atoms with Crippen molar-refractivity contribution in [3.8, 4) is 11.4 Å². The van der Waals surface area contributed by atoms with Gasteiger partial charge in [0.1, 0.15) is 17.0 Å². The number of halogens is 4. The molecule has 1 atom stereocenters. The number of alkyl halides is 3. The van der Waals surface area contributed by atoms with Gasteiger partial charge in [-0.1, -0.05) is 23.7 Å². The Morgan fingerprint density at radius 2 is 1.81 bits per heavy atom. The quantitative estimate of drug-likeness (QED) is 0.620. The maximum Gasteiger partial charge on any atom is 0.573 e. The summed E-state index contributed by atoms with van der Waals surface area (Å²) in [5.41, 5.74) is 0.528. The molecule has 31 heavy (non-hydrogen) atoms. The number of hydrogen-bond acceptors (Lipinski definition) is 4. The van der Waals surface area contributed by atoms with Gasteiger partial charge in [0.25, 0.3) is 0 Å². The lowest BCUT2D eigenvalue weighted by atomic mass is 9.72. The van der Waals surface area contributed by atoms with Crippen LogP contribution in [0.4, 0.5) is 24.7 Å². The number of anilines is 2. The number of nitrogens with one attached hydrogen (secondary N) is 2. The van der Waals surface area contributed by atoms with Crippen molar-refractivity contribution in [1.29, 1.82) is 0 Å². The molecule has 2 aromatic carbocycles. The van der Waals surface area contributed by atoms with Gasteiger partial charge in [0.2, 0.25) is 11.8 Å². The second-order valence-electron chi connectivity index (χ2n) is 7.11. The highest BCUT2D eigenvalue weighted by Crippen LogP contribution is 2.51.